The summed E-state index contributed by atoms with van der Waals surface area (Å²) in [4.78, 5) is 11.9. The van der Waals surface area contributed by atoms with E-state index in [0.717, 1.165) is 4.31 Å². The normalized spacial score (nSPS) is 9.48. The fraction of sp³-hybridized carbons (Fsp3) is 0.385. The Morgan fingerprint density at radius 2 is 1.86 bits per heavy atom. The molecule has 0 radical (unpaired) electrons. The van der Waals surface area contributed by atoms with Gasteiger partial charge in [-0.2, -0.15) is 5.26 Å². The average Bonchev–Trinajstić information content (AvgIpc) is 2.51. The standard InChI is InChI=1S/C13H17N3O4S/c1-18-10-7-9(8-11(19-2)12(10)20-3)15-13(17)16(21)6-4-5-14/h7-8,21H,4,6H2,1-3H3,(H,15,17). The predicted octanol–water partition coefficient (Wildman–Crippen LogP) is 2.30. The Kier molecular flexibility index (Phi) is 6.49. The van der Waals surface area contributed by atoms with Gasteiger partial charge in [0.25, 0.3) is 0 Å². The smallest absolute Gasteiger partial charge is 0.331 e. The van der Waals surface area contributed by atoms with Crippen molar-refractivity contribution in [2.75, 3.05) is 33.2 Å². The molecule has 1 aromatic rings. The van der Waals surface area contributed by atoms with Crippen molar-refractivity contribution in [1.82, 2.24) is 4.31 Å². The molecule has 0 unspecified atom stereocenters. The third-order valence-corrected chi connectivity index (χ3v) is 2.97. The third kappa shape index (κ3) is 4.36. The molecule has 0 atom stereocenters. The lowest BCUT2D eigenvalue weighted by molar-refractivity contribution is 0.239. The molecule has 1 rings (SSSR count). The molecule has 0 aliphatic heterocycles. The molecule has 0 fully saturated rings. The van der Waals surface area contributed by atoms with Crippen LogP contribution in [0.25, 0.3) is 0 Å². The molecule has 2 amide bonds. The van der Waals surface area contributed by atoms with Gasteiger partial charge in [-0.25, -0.2) is 4.79 Å². The van der Waals surface area contributed by atoms with Gasteiger partial charge in [0.1, 0.15) is 0 Å². The summed E-state index contributed by atoms with van der Waals surface area (Å²) in [6.45, 7) is 0.218. The number of ether oxygens (including phenoxy) is 3. The number of nitrogens with zero attached hydrogens (tertiary/aromatic N) is 2. The van der Waals surface area contributed by atoms with Gasteiger partial charge in [-0.05, 0) is 0 Å². The number of anilines is 1. The second-order valence-electron chi connectivity index (χ2n) is 3.88. The summed E-state index contributed by atoms with van der Waals surface area (Å²) in [5.41, 5.74) is 0.463. The van der Waals surface area contributed by atoms with Crippen molar-refractivity contribution >= 4 is 24.5 Å². The average molecular weight is 311 g/mol. The highest BCUT2D eigenvalue weighted by Crippen LogP contribution is 2.39. The van der Waals surface area contributed by atoms with E-state index in [-0.39, 0.29) is 13.0 Å². The van der Waals surface area contributed by atoms with E-state index in [2.05, 4.69) is 18.1 Å². The zero-order chi connectivity index (χ0) is 15.8. The van der Waals surface area contributed by atoms with Gasteiger partial charge in [0.05, 0.1) is 39.5 Å². The number of hydrogen-bond acceptors (Lipinski definition) is 6. The van der Waals surface area contributed by atoms with E-state index in [4.69, 9.17) is 19.5 Å². The third-order valence-electron chi connectivity index (χ3n) is 2.59. The van der Waals surface area contributed by atoms with E-state index in [1.807, 2.05) is 6.07 Å². The lowest BCUT2D eigenvalue weighted by Crippen LogP contribution is -2.27. The Hall–Kier alpha value is -2.27. The van der Waals surface area contributed by atoms with Crippen LogP contribution in [0.15, 0.2) is 12.1 Å². The van der Waals surface area contributed by atoms with Crippen LogP contribution in [0.5, 0.6) is 17.2 Å². The van der Waals surface area contributed by atoms with E-state index in [0.29, 0.717) is 22.9 Å². The number of rotatable bonds is 6. The van der Waals surface area contributed by atoms with Gasteiger partial charge in [-0.15, -0.1) is 0 Å². The maximum Gasteiger partial charge on any atom is 0.331 e. The maximum atomic E-state index is 11.9. The number of thiol groups is 1. The molecule has 0 bridgehead atoms. The number of nitriles is 1. The van der Waals surface area contributed by atoms with Gasteiger partial charge in [-0.1, -0.05) is 12.8 Å². The monoisotopic (exact) mass is 311 g/mol. The predicted molar refractivity (Wildman–Crippen MR) is 81.0 cm³/mol. The van der Waals surface area contributed by atoms with Crippen molar-refractivity contribution in [3.63, 3.8) is 0 Å². The zero-order valence-corrected chi connectivity index (χ0v) is 12.9. The van der Waals surface area contributed by atoms with Crippen LogP contribution in [0.4, 0.5) is 10.5 Å². The molecular weight excluding hydrogens is 294 g/mol. The van der Waals surface area contributed by atoms with Crippen molar-refractivity contribution in [2.24, 2.45) is 0 Å². The van der Waals surface area contributed by atoms with Crippen molar-refractivity contribution in [2.45, 2.75) is 6.42 Å². The Labute approximate surface area is 128 Å². The molecule has 7 nitrogen and oxygen atoms in total. The number of carbonyl (C=O) groups excluding carboxylic acids is 1. The lowest BCUT2D eigenvalue weighted by Gasteiger charge is -2.17. The van der Waals surface area contributed by atoms with Crippen LogP contribution < -0.4 is 19.5 Å². The largest absolute Gasteiger partial charge is 0.493 e. The van der Waals surface area contributed by atoms with Gasteiger partial charge in [0, 0.05) is 18.7 Å². The minimum atomic E-state index is -0.456. The number of benzene rings is 1. The quantitative estimate of drug-likeness (QED) is 0.788. The molecule has 1 aromatic carbocycles. The molecule has 0 heterocycles. The van der Waals surface area contributed by atoms with Crippen LogP contribution in [0, 0.1) is 11.3 Å². The SMILES string of the molecule is COc1cc(NC(=O)N(S)CCC#N)cc(OC)c1OC. The van der Waals surface area contributed by atoms with Crippen LogP contribution in [-0.4, -0.2) is 38.2 Å². The summed E-state index contributed by atoms with van der Waals surface area (Å²) in [6.07, 6.45) is 0.201. The molecule has 0 aliphatic carbocycles. The lowest BCUT2D eigenvalue weighted by atomic mass is 10.2. The van der Waals surface area contributed by atoms with Crippen LogP contribution in [0.1, 0.15) is 6.42 Å². The van der Waals surface area contributed by atoms with Crippen molar-refractivity contribution in [3.8, 4) is 23.3 Å². The van der Waals surface area contributed by atoms with Crippen LogP contribution in [0.2, 0.25) is 0 Å². The van der Waals surface area contributed by atoms with Gasteiger partial charge in [0.15, 0.2) is 11.5 Å². The van der Waals surface area contributed by atoms with E-state index in [1.54, 1.807) is 12.1 Å². The highest BCUT2D eigenvalue weighted by Gasteiger charge is 2.16. The summed E-state index contributed by atoms with van der Waals surface area (Å²) in [7, 11) is 4.47. The Balaban J connectivity index is 2.94. The van der Waals surface area contributed by atoms with E-state index >= 15 is 0 Å². The van der Waals surface area contributed by atoms with E-state index in [1.165, 1.54) is 21.3 Å². The minimum Gasteiger partial charge on any atom is -0.493 e. The summed E-state index contributed by atoms with van der Waals surface area (Å²) < 4.78 is 16.7. The zero-order valence-electron chi connectivity index (χ0n) is 12.0. The molecule has 1 N–H and O–H groups in total. The number of methoxy groups -OCH3 is 3. The highest BCUT2D eigenvalue weighted by atomic mass is 32.1. The first-order valence-electron chi connectivity index (χ1n) is 6.01. The summed E-state index contributed by atoms with van der Waals surface area (Å²) in [5.74, 6) is 1.29. The minimum absolute atomic E-state index is 0.201. The summed E-state index contributed by atoms with van der Waals surface area (Å²) in [5, 5.41) is 11.1. The van der Waals surface area contributed by atoms with E-state index in [9.17, 15) is 4.79 Å². The maximum absolute atomic E-state index is 11.9. The summed E-state index contributed by atoms with van der Waals surface area (Å²) >= 11 is 4.01. The number of amides is 2. The fourth-order valence-electron chi connectivity index (χ4n) is 1.60. The van der Waals surface area contributed by atoms with E-state index < -0.39 is 6.03 Å². The molecular formula is C13H17N3O4S. The summed E-state index contributed by atoms with van der Waals surface area (Å²) in [6, 6.07) is 4.69. The molecule has 8 heteroatoms. The van der Waals surface area contributed by atoms with Crippen LogP contribution >= 0.6 is 12.8 Å². The van der Waals surface area contributed by atoms with Gasteiger partial charge in [-0.3, -0.25) is 4.31 Å². The van der Waals surface area contributed by atoms with Crippen LogP contribution in [0.3, 0.4) is 0 Å². The number of nitrogens with one attached hydrogen (secondary N) is 1. The Morgan fingerprint density at radius 3 is 2.29 bits per heavy atom. The Morgan fingerprint density at radius 1 is 1.29 bits per heavy atom. The van der Waals surface area contributed by atoms with Crippen molar-refractivity contribution in [3.05, 3.63) is 12.1 Å². The number of carbonyl (C=O) groups is 1. The first kappa shape index (κ1) is 16.8. The van der Waals surface area contributed by atoms with Crippen LogP contribution in [-0.2, 0) is 0 Å². The molecule has 0 aliphatic rings. The second-order valence-corrected chi connectivity index (χ2v) is 4.36. The fourth-order valence-corrected chi connectivity index (χ4v) is 1.75. The molecule has 114 valence electrons. The first-order valence-corrected chi connectivity index (χ1v) is 6.41. The van der Waals surface area contributed by atoms with Crippen molar-refractivity contribution in [1.29, 1.82) is 5.26 Å². The molecule has 21 heavy (non-hydrogen) atoms. The molecule has 0 spiro atoms. The molecule has 0 aromatic heterocycles. The molecule has 0 saturated heterocycles. The van der Waals surface area contributed by atoms with Gasteiger partial charge >= 0.3 is 6.03 Å². The van der Waals surface area contributed by atoms with Gasteiger partial charge < -0.3 is 19.5 Å². The Bertz CT molecular complexity index is 520. The highest BCUT2D eigenvalue weighted by molar-refractivity contribution is 7.78. The topological polar surface area (TPSA) is 83.8 Å². The van der Waals surface area contributed by atoms with Crippen molar-refractivity contribution < 1.29 is 19.0 Å². The number of hydrogen-bond donors (Lipinski definition) is 2. The number of urea groups is 1. The second kappa shape index (κ2) is 8.11. The first-order chi connectivity index (χ1) is 10.1. The van der Waals surface area contributed by atoms with Gasteiger partial charge in [0.2, 0.25) is 5.75 Å². The molecule has 0 saturated carbocycles.